The van der Waals surface area contributed by atoms with Crippen LogP contribution in [0.3, 0.4) is 0 Å². The van der Waals surface area contributed by atoms with Crippen molar-refractivity contribution >= 4 is 23.1 Å². The molecule has 6 heteroatoms. The Hall–Kier alpha value is -3.80. The maximum atomic E-state index is 13.3. The van der Waals surface area contributed by atoms with E-state index in [1.165, 1.54) is 22.9 Å². The number of anilines is 1. The van der Waals surface area contributed by atoms with Crippen LogP contribution in [0.5, 0.6) is 0 Å². The van der Waals surface area contributed by atoms with Gasteiger partial charge in [-0.15, -0.1) is 0 Å². The molecule has 0 radical (unpaired) electrons. The molecule has 0 amide bonds. The van der Waals surface area contributed by atoms with Gasteiger partial charge in [0.25, 0.3) is 5.56 Å². The number of rotatable bonds is 4. The summed E-state index contributed by atoms with van der Waals surface area (Å²) >= 11 is 0. The molecule has 1 N–H and O–H groups in total. The summed E-state index contributed by atoms with van der Waals surface area (Å²) in [5.41, 5.74) is 5.46. The van der Waals surface area contributed by atoms with Crippen molar-refractivity contribution < 1.29 is 4.39 Å². The zero-order chi connectivity index (χ0) is 19.5. The van der Waals surface area contributed by atoms with E-state index >= 15 is 0 Å². The van der Waals surface area contributed by atoms with Gasteiger partial charge in [0.2, 0.25) is 5.95 Å². The van der Waals surface area contributed by atoms with Gasteiger partial charge in [0.05, 0.1) is 22.8 Å². The number of hydrazone groups is 1. The molecule has 0 aliphatic rings. The number of nitrogens with one attached hydrogen (secondary N) is 1. The first-order valence-electron chi connectivity index (χ1n) is 8.76. The van der Waals surface area contributed by atoms with Gasteiger partial charge in [0, 0.05) is 0 Å². The number of hydrogen-bond donors (Lipinski definition) is 1. The maximum Gasteiger partial charge on any atom is 0.267 e. The molecule has 0 bridgehead atoms. The molecule has 4 aromatic rings. The van der Waals surface area contributed by atoms with Gasteiger partial charge in [-0.25, -0.2) is 19.4 Å². The van der Waals surface area contributed by atoms with Crippen LogP contribution in [0.25, 0.3) is 16.6 Å². The molecule has 0 saturated carbocycles. The highest BCUT2D eigenvalue weighted by Gasteiger charge is 2.13. The first-order chi connectivity index (χ1) is 13.6. The van der Waals surface area contributed by atoms with Crippen molar-refractivity contribution in [2.45, 2.75) is 6.92 Å². The van der Waals surface area contributed by atoms with E-state index in [2.05, 4.69) is 15.5 Å². The summed E-state index contributed by atoms with van der Waals surface area (Å²) < 4.78 is 14.8. The Morgan fingerprint density at radius 2 is 1.82 bits per heavy atom. The van der Waals surface area contributed by atoms with Gasteiger partial charge in [-0.2, -0.15) is 5.10 Å². The van der Waals surface area contributed by atoms with Crippen molar-refractivity contribution in [2.24, 2.45) is 5.10 Å². The van der Waals surface area contributed by atoms with Crippen LogP contribution in [0.2, 0.25) is 0 Å². The molecular weight excluding hydrogens is 355 g/mol. The number of aryl methyl sites for hydroxylation is 1. The third-order valence-corrected chi connectivity index (χ3v) is 4.36. The highest BCUT2D eigenvalue weighted by atomic mass is 19.1. The van der Waals surface area contributed by atoms with Gasteiger partial charge in [-0.3, -0.25) is 4.79 Å². The zero-order valence-corrected chi connectivity index (χ0v) is 15.1. The van der Waals surface area contributed by atoms with E-state index in [4.69, 9.17) is 0 Å². The summed E-state index contributed by atoms with van der Waals surface area (Å²) in [7, 11) is 0. The highest BCUT2D eigenvalue weighted by molar-refractivity contribution is 5.81. The molecule has 0 fully saturated rings. The fourth-order valence-electron chi connectivity index (χ4n) is 3.00. The quantitative estimate of drug-likeness (QED) is 0.430. The lowest BCUT2D eigenvalue weighted by molar-refractivity contribution is 0.627. The van der Waals surface area contributed by atoms with Crippen LogP contribution in [-0.2, 0) is 0 Å². The first-order valence-corrected chi connectivity index (χ1v) is 8.76. The first kappa shape index (κ1) is 17.6. The second-order valence-corrected chi connectivity index (χ2v) is 6.30. The van der Waals surface area contributed by atoms with E-state index in [1.807, 2.05) is 43.3 Å². The fourth-order valence-corrected chi connectivity index (χ4v) is 3.00. The molecule has 0 saturated heterocycles. The van der Waals surface area contributed by atoms with Gasteiger partial charge < -0.3 is 0 Å². The minimum Gasteiger partial charge on any atom is -0.268 e. The van der Waals surface area contributed by atoms with E-state index in [0.717, 1.165) is 5.56 Å². The Morgan fingerprint density at radius 1 is 1.04 bits per heavy atom. The predicted molar refractivity (Wildman–Crippen MR) is 110 cm³/mol. The molecule has 0 aliphatic heterocycles. The molecule has 1 aromatic heterocycles. The Kier molecular flexibility index (Phi) is 4.68. The molecule has 1 heterocycles. The third-order valence-electron chi connectivity index (χ3n) is 4.36. The lowest BCUT2D eigenvalue weighted by atomic mass is 10.2. The third kappa shape index (κ3) is 3.40. The van der Waals surface area contributed by atoms with Crippen molar-refractivity contribution in [1.29, 1.82) is 0 Å². The van der Waals surface area contributed by atoms with Crippen LogP contribution in [0.1, 0.15) is 11.1 Å². The van der Waals surface area contributed by atoms with Crippen LogP contribution < -0.4 is 11.0 Å². The minimum absolute atomic E-state index is 0.191. The molecule has 0 aliphatic carbocycles. The van der Waals surface area contributed by atoms with Crippen LogP contribution in [0.15, 0.2) is 82.7 Å². The summed E-state index contributed by atoms with van der Waals surface area (Å²) in [6, 6.07) is 20.8. The van der Waals surface area contributed by atoms with E-state index in [1.54, 1.807) is 24.3 Å². The standard InChI is InChI=1S/C22H17FN4O/c1-15-7-2-5-12-20(15)27-21(28)18-10-3-4-11-19(18)25-22(27)26-24-14-16-8-6-9-17(23)13-16/h2-14H,1H3,(H,25,26)/b24-14+. The van der Waals surface area contributed by atoms with Gasteiger partial charge in [-0.1, -0.05) is 42.5 Å². The van der Waals surface area contributed by atoms with E-state index in [9.17, 15) is 9.18 Å². The van der Waals surface area contributed by atoms with Crippen molar-refractivity contribution in [3.8, 4) is 5.69 Å². The number of benzene rings is 3. The summed E-state index contributed by atoms with van der Waals surface area (Å²) in [5, 5.41) is 4.67. The van der Waals surface area contributed by atoms with Crippen LogP contribution >= 0.6 is 0 Å². The van der Waals surface area contributed by atoms with Crippen molar-refractivity contribution in [3.63, 3.8) is 0 Å². The van der Waals surface area contributed by atoms with Gasteiger partial charge >= 0.3 is 0 Å². The second-order valence-electron chi connectivity index (χ2n) is 6.30. The van der Waals surface area contributed by atoms with Crippen LogP contribution in [0.4, 0.5) is 10.3 Å². The number of halogens is 1. The second kappa shape index (κ2) is 7.44. The largest absolute Gasteiger partial charge is 0.268 e. The van der Waals surface area contributed by atoms with Gasteiger partial charge in [-0.05, 0) is 48.4 Å². The van der Waals surface area contributed by atoms with Crippen molar-refractivity contribution in [3.05, 3.63) is 100 Å². The molecule has 5 nitrogen and oxygen atoms in total. The summed E-state index contributed by atoms with van der Waals surface area (Å²) in [4.78, 5) is 17.7. The van der Waals surface area contributed by atoms with Gasteiger partial charge in [0.15, 0.2) is 0 Å². The van der Waals surface area contributed by atoms with E-state index in [-0.39, 0.29) is 17.3 Å². The van der Waals surface area contributed by atoms with Gasteiger partial charge in [0.1, 0.15) is 5.82 Å². The van der Waals surface area contributed by atoms with E-state index in [0.29, 0.717) is 22.2 Å². The zero-order valence-electron chi connectivity index (χ0n) is 15.1. The summed E-state index contributed by atoms with van der Waals surface area (Å²) in [5.74, 6) is -0.0600. The number of fused-ring (bicyclic) bond motifs is 1. The molecule has 0 spiro atoms. The average Bonchev–Trinajstić information content (AvgIpc) is 2.69. The molecule has 28 heavy (non-hydrogen) atoms. The number of aromatic nitrogens is 2. The Balaban J connectivity index is 1.83. The topological polar surface area (TPSA) is 59.3 Å². The maximum absolute atomic E-state index is 13.3. The normalized spacial score (nSPS) is 11.2. The van der Waals surface area contributed by atoms with Crippen molar-refractivity contribution in [1.82, 2.24) is 9.55 Å². The monoisotopic (exact) mass is 372 g/mol. The number of nitrogens with zero attached hydrogens (tertiary/aromatic N) is 3. The molecule has 4 rings (SSSR count). The summed E-state index contributed by atoms with van der Waals surface area (Å²) in [6.07, 6.45) is 1.48. The van der Waals surface area contributed by atoms with Crippen molar-refractivity contribution in [2.75, 3.05) is 5.43 Å². The van der Waals surface area contributed by atoms with Crippen LogP contribution in [0, 0.1) is 12.7 Å². The van der Waals surface area contributed by atoms with Crippen LogP contribution in [-0.4, -0.2) is 15.8 Å². The molecule has 0 atom stereocenters. The average molecular weight is 372 g/mol. The Morgan fingerprint density at radius 3 is 2.64 bits per heavy atom. The molecular formula is C22H17FN4O. The number of hydrogen-bond acceptors (Lipinski definition) is 4. The predicted octanol–water partition coefficient (Wildman–Crippen LogP) is 4.28. The lowest BCUT2D eigenvalue weighted by Gasteiger charge is -2.14. The molecule has 138 valence electrons. The fraction of sp³-hybridized carbons (Fsp3) is 0.0455. The molecule has 0 unspecified atom stereocenters. The lowest BCUT2D eigenvalue weighted by Crippen LogP contribution is -2.23. The Bertz CT molecular complexity index is 1250. The van der Waals surface area contributed by atoms with E-state index < -0.39 is 0 Å². The minimum atomic E-state index is -0.343. The summed E-state index contributed by atoms with van der Waals surface area (Å²) in [6.45, 7) is 1.93. The Labute approximate surface area is 160 Å². The highest BCUT2D eigenvalue weighted by Crippen LogP contribution is 2.19. The molecule has 3 aromatic carbocycles. The number of para-hydroxylation sites is 2. The smallest absolute Gasteiger partial charge is 0.267 e. The SMILES string of the molecule is Cc1ccccc1-n1c(N/N=C/c2cccc(F)c2)nc2ccccc2c1=O.